The Morgan fingerprint density at radius 3 is 3.05 bits per heavy atom. The van der Waals surface area contributed by atoms with Gasteiger partial charge in [-0.2, -0.15) is 0 Å². The Hall–Kier alpha value is -0.910. The van der Waals surface area contributed by atoms with Gasteiger partial charge in [0.15, 0.2) is 0 Å². The van der Waals surface area contributed by atoms with E-state index in [0.29, 0.717) is 6.54 Å². The molecule has 1 aromatic carbocycles. The van der Waals surface area contributed by atoms with Gasteiger partial charge < -0.3 is 15.4 Å². The van der Waals surface area contributed by atoms with Crippen molar-refractivity contribution in [2.75, 3.05) is 25.0 Å². The van der Waals surface area contributed by atoms with Gasteiger partial charge in [-0.3, -0.25) is 4.79 Å². The maximum atomic E-state index is 11.8. The number of anilines is 1. The number of hydrogen-bond donors (Lipinski definition) is 2. The summed E-state index contributed by atoms with van der Waals surface area (Å²) in [6.45, 7) is 3.90. The second-order valence-electron chi connectivity index (χ2n) is 4.78. The molecule has 1 fully saturated rings. The molecule has 1 heterocycles. The zero-order valence-electron chi connectivity index (χ0n) is 11.0. The van der Waals surface area contributed by atoms with Crippen molar-refractivity contribution < 1.29 is 9.53 Å². The Balaban J connectivity index is 1.72. The van der Waals surface area contributed by atoms with Crippen molar-refractivity contribution in [1.82, 2.24) is 5.32 Å². The molecule has 5 heteroatoms. The Morgan fingerprint density at radius 2 is 2.37 bits per heavy atom. The fourth-order valence-electron chi connectivity index (χ4n) is 2.08. The molecule has 0 spiro atoms. The van der Waals surface area contributed by atoms with Gasteiger partial charge in [0.1, 0.15) is 0 Å². The largest absolute Gasteiger partial charge is 0.377 e. The minimum atomic E-state index is -0.0280. The number of carbonyl (C=O) groups is 1. The molecule has 0 aromatic heterocycles. The molecule has 1 atom stereocenters. The van der Waals surface area contributed by atoms with E-state index in [-0.39, 0.29) is 12.0 Å². The lowest BCUT2D eigenvalue weighted by molar-refractivity contribution is -0.115. The average Bonchev–Trinajstić information content (AvgIpc) is 2.87. The number of benzene rings is 1. The van der Waals surface area contributed by atoms with Crippen LogP contribution in [0.3, 0.4) is 0 Å². The monoisotopic (exact) mass is 326 g/mol. The maximum Gasteiger partial charge on any atom is 0.238 e. The van der Waals surface area contributed by atoms with E-state index in [0.717, 1.165) is 41.7 Å². The highest BCUT2D eigenvalue weighted by atomic mass is 79.9. The smallest absolute Gasteiger partial charge is 0.238 e. The van der Waals surface area contributed by atoms with Crippen LogP contribution >= 0.6 is 15.9 Å². The van der Waals surface area contributed by atoms with Crippen LogP contribution in [-0.2, 0) is 9.53 Å². The first-order valence-electron chi connectivity index (χ1n) is 6.53. The van der Waals surface area contributed by atoms with Crippen LogP contribution in [0.25, 0.3) is 0 Å². The van der Waals surface area contributed by atoms with E-state index in [4.69, 9.17) is 4.74 Å². The lowest BCUT2D eigenvalue weighted by atomic mass is 10.2. The Kier molecular flexibility index (Phi) is 5.36. The van der Waals surface area contributed by atoms with Gasteiger partial charge in [-0.1, -0.05) is 15.9 Å². The number of halogens is 1. The first-order chi connectivity index (χ1) is 9.15. The molecule has 1 aromatic rings. The molecule has 1 saturated heterocycles. The molecule has 1 aliphatic heterocycles. The number of amides is 1. The second kappa shape index (κ2) is 7.03. The number of ether oxygens (including phenoxy) is 1. The van der Waals surface area contributed by atoms with E-state index in [1.165, 1.54) is 0 Å². The zero-order valence-corrected chi connectivity index (χ0v) is 12.6. The SMILES string of the molecule is Cc1cc(NC(=O)CNC[C@H]2CCCO2)ccc1Br. The summed E-state index contributed by atoms with van der Waals surface area (Å²) in [5, 5.41) is 6.00. The highest BCUT2D eigenvalue weighted by molar-refractivity contribution is 9.10. The van der Waals surface area contributed by atoms with Crippen LogP contribution in [0.5, 0.6) is 0 Å². The van der Waals surface area contributed by atoms with E-state index >= 15 is 0 Å². The average molecular weight is 327 g/mol. The van der Waals surface area contributed by atoms with Crippen molar-refractivity contribution in [3.63, 3.8) is 0 Å². The van der Waals surface area contributed by atoms with Gasteiger partial charge >= 0.3 is 0 Å². The third-order valence-electron chi connectivity index (χ3n) is 3.12. The van der Waals surface area contributed by atoms with Crippen molar-refractivity contribution in [2.45, 2.75) is 25.9 Å². The van der Waals surface area contributed by atoms with Crippen molar-refractivity contribution in [1.29, 1.82) is 0 Å². The van der Waals surface area contributed by atoms with E-state index in [1.807, 2.05) is 25.1 Å². The lowest BCUT2D eigenvalue weighted by Crippen LogP contribution is -2.33. The Morgan fingerprint density at radius 1 is 1.53 bits per heavy atom. The van der Waals surface area contributed by atoms with Gasteiger partial charge in [-0.05, 0) is 43.5 Å². The van der Waals surface area contributed by atoms with Crippen LogP contribution in [0.1, 0.15) is 18.4 Å². The van der Waals surface area contributed by atoms with E-state index in [9.17, 15) is 4.79 Å². The standard InChI is InChI=1S/C14H19BrN2O2/c1-10-7-11(4-5-13(10)15)17-14(18)9-16-8-12-3-2-6-19-12/h4-5,7,12,16H,2-3,6,8-9H2,1H3,(H,17,18)/t12-/m1/s1. The summed E-state index contributed by atoms with van der Waals surface area (Å²) in [5.74, 6) is -0.0280. The third kappa shape index (κ3) is 4.60. The normalized spacial score (nSPS) is 18.5. The van der Waals surface area contributed by atoms with Crippen LogP contribution in [0.2, 0.25) is 0 Å². The molecule has 1 amide bonds. The first-order valence-corrected chi connectivity index (χ1v) is 7.33. The van der Waals surface area contributed by atoms with Gasteiger partial charge in [-0.25, -0.2) is 0 Å². The molecule has 0 unspecified atom stereocenters. The van der Waals surface area contributed by atoms with Crippen LogP contribution in [0, 0.1) is 6.92 Å². The summed E-state index contributed by atoms with van der Waals surface area (Å²) in [5.41, 5.74) is 1.93. The highest BCUT2D eigenvalue weighted by Crippen LogP contribution is 2.19. The minimum absolute atomic E-state index is 0.0280. The molecule has 0 saturated carbocycles. The Labute approximate surface area is 122 Å². The van der Waals surface area contributed by atoms with Crippen LogP contribution < -0.4 is 10.6 Å². The van der Waals surface area contributed by atoms with Crippen LogP contribution in [0.15, 0.2) is 22.7 Å². The number of carbonyl (C=O) groups excluding carboxylic acids is 1. The molecular weight excluding hydrogens is 308 g/mol. The maximum absolute atomic E-state index is 11.8. The molecule has 4 nitrogen and oxygen atoms in total. The van der Waals surface area contributed by atoms with Gasteiger partial charge in [0, 0.05) is 23.3 Å². The highest BCUT2D eigenvalue weighted by Gasteiger charge is 2.15. The number of hydrogen-bond acceptors (Lipinski definition) is 3. The van der Waals surface area contributed by atoms with Gasteiger partial charge in [0.05, 0.1) is 12.6 Å². The van der Waals surface area contributed by atoms with E-state index < -0.39 is 0 Å². The zero-order chi connectivity index (χ0) is 13.7. The molecule has 2 rings (SSSR count). The summed E-state index contributed by atoms with van der Waals surface area (Å²) >= 11 is 3.44. The van der Waals surface area contributed by atoms with Crippen molar-refractivity contribution in [2.24, 2.45) is 0 Å². The number of aryl methyl sites for hydroxylation is 1. The van der Waals surface area contributed by atoms with Crippen LogP contribution in [0.4, 0.5) is 5.69 Å². The molecular formula is C14H19BrN2O2. The summed E-state index contributed by atoms with van der Waals surface area (Å²) in [7, 11) is 0. The molecule has 0 radical (unpaired) electrons. The number of rotatable bonds is 5. The second-order valence-corrected chi connectivity index (χ2v) is 5.63. The summed E-state index contributed by atoms with van der Waals surface area (Å²) in [6.07, 6.45) is 2.47. The molecule has 0 aliphatic carbocycles. The van der Waals surface area contributed by atoms with Crippen molar-refractivity contribution in [3.05, 3.63) is 28.2 Å². The predicted molar refractivity (Wildman–Crippen MR) is 79.4 cm³/mol. The van der Waals surface area contributed by atoms with Gasteiger partial charge in [-0.15, -0.1) is 0 Å². The van der Waals surface area contributed by atoms with Crippen LogP contribution in [-0.4, -0.2) is 31.7 Å². The fourth-order valence-corrected chi connectivity index (χ4v) is 2.33. The molecule has 104 valence electrons. The molecule has 2 N–H and O–H groups in total. The quantitative estimate of drug-likeness (QED) is 0.873. The summed E-state index contributed by atoms with van der Waals surface area (Å²) in [4.78, 5) is 11.8. The van der Waals surface area contributed by atoms with E-state index in [2.05, 4.69) is 26.6 Å². The Bertz CT molecular complexity index is 445. The fraction of sp³-hybridized carbons (Fsp3) is 0.500. The molecule has 1 aliphatic rings. The van der Waals surface area contributed by atoms with E-state index in [1.54, 1.807) is 0 Å². The van der Waals surface area contributed by atoms with Gasteiger partial charge in [0.25, 0.3) is 0 Å². The molecule has 19 heavy (non-hydrogen) atoms. The summed E-state index contributed by atoms with van der Waals surface area (Å²) in [6, 6.07) is 5.77. The predicted octanol–water partition coefficient (Wildman–Crippen LogP) is 2.46. The third-order valence-corrected chi connectivity index (χ3v) is 4.01. The number of nitrogens with one attached hydrogen (secondary N) is 2. The van der Waals surface area contributed by atoms with Gasteiger partial charge in [0.2, 0.25) is 5.91 Å². The first kappa shape index (κ1) is 14.5. The van der Waals surface area contributed by atoms with Crippen molar-refractivity contribution >= 4 is 27.5 Å². The summed E-state index contributed by atoms with van der Waals surface area (Å²) < 4.78 is 6.53. The van der Waals surface area contributed by atoms with Crippen molar-refractivity contribution in [3.8, 4) is 0 Å². The minimum Gasteiger partial charge on any atom is -0.377 e. The molecule has 0 bridgehead atoms. The lowest BCUT2D eigenvalue weighted by Gasteiger charge is -2.11. The topological polar surface area (TPSA) is 50.4 Å².